The van der Waals surface area contributed by atoms with E-state index >= 15 is 0 Å². The second-order valence-corrected chi connectivity index (χ2v) is 6.48. The van der Waals surface area contributed by atoms with Crippen molar-refractivity contribution in [2.75, 3.05) is 6.61 Å². The highest BCUT2D eigenvalue weighted by molar-refractivity contribution is 9.10. The van der Waals surface area contributed by atoms with E-state index in [0.29, 0.717) is 17.1 Å². The van der Waals surface area contributed by atoms with Gasteiger partial charge in [0.15, 0.2) is 5.78 Å². The first-order chi connectivity index (χ1) is 10.9. The van der Waals surface area contributed by atoms with E-state index < -0.39 is 24.1 Å². The molecule has 5 nitrogen and oxygen atoms in total. The van der Waals surface area contributed by atoms with Gasteiger partial charge in [-0.3, -0.25) is 9.59 Å². The van der Waals surface area contributed by atoms with Crippen molar-refractivity contribution in [3.63, 3.8) is 0 Å². The molecule has 2 bridgehead atoms. The molecule has 1 aromatic rings. The Hall–Kier alpha value is -1.82. The average molecular weight is 381 g/mol. The van der Waals surface area contributed by atoms with Crippen molar-refractivity contribution in [1.29, 1.82) is 0 Å². The average Bonchev–Trinajstić information content (AvgIpc) is 2.47. The molecular weight excluding hydrogens is 364 g/mol. The van der Waals surface area contributed by atoms with Gasteiger partial charge in [-0.25, -0.2) is 0 Å². The first-order valence-electron chi connectivity index (χ1n) is 7.45. The highest BCUT2D eigenvalue weighted by atomic mass is 79.9. The zero-order chi connectivity index (χ0) is 16.7. The van der Waals surface area contributed by atoms with Gasteiger partial charge in [0.25, 0.3) is 6.29 Å². The topological polar surface area (TPSA) is 61.8 Å². The van der Waals surface area contributed by atoms with Gasteiger partial charge in [0.05, 0.1) is 6.61 Å². The SMILES string of the molecule is CCOC(=O)[C@@H]1[C@@H]2OC(C)=C(C(C)=O)[C@H]1c1cc(Br)ccc1O2. The second-order valence-electron chi connectivity index (χ2n) is 5.57. The molecule has 0 amide bonds. The predicted octanol–water partition coefficient (Wildman–Crippen LogP) is 3.32. The van der Waals surface area contributed by atoms with Gasteiger partial charge in [-0.15, -0.1) is 0 Å². The summed E-state index contributed by atoms with van der Waals surface area (Å²) in [6.07, 6.45) is -0.782. The Labute approximate surface area is 142 Å². The minimum Gasteiger partial charge on any atom is -0.466 e. The third-order valence-electron chi connectivity index (χ3n) is 4.12. The molecular formula is C17H17BrO5. The van der Waals surface area contributed by atoms with E-state index in [1.807, 2.05) is 18.2 Å². The molecule has 0 aromatic heterocycles. The highest BCUT2D eigenvalue weighted by Crippen LogP contribution is 2.50. The Morgan fingerprint density at radius 3 is 2.70 bits per heavy atom. The van der Waals surface area contributed by atoms with E-state index in [-0.39, 0.29) is 12.4 Å². The maximum absolute atomic E-state index is 12.5. The van der Waals surface area contributed by atoms with Gasteiger partial charge >= 0.3 is 5.97 Å². The number of ketones is 1. The molecule has 0 N–H and O–H groups in total. The smallest absolute Gasteiger partial charge is 0.317 e. The summed E-state index contributed by atoms with van der Waals surface area (Å²) in [6, 6.07) is 5.54. The molecule has 23 heavy (non-hydrogen) atoms. The fraction of sp³-hybridized carbons (Fsp3) is 0.412. The fourth-order valence-electron chi connectivity index (χ4n) is 3.26. The molecule has 0 fully saturated rings. The molecule has 0 aliphatic carbocycles. The van der Waals surface area contributed by atoms with Crippen molar-refractivity contribution in [2.45, 2.75) is 33.0 Å². The lowest BCUT2D eigenvalue weighted by Crippen LogP contribution is -2.47. The lowest BCUT2D eigenvalue weighted by molar-refractivity contribution is -0.171. The zero-order valence-corrected chi connectivity index (χ0v) is 14.7. The molecule has 1 aromatic carbocycles. The number of allylic oxidation sites excluding steroid dienone is 2. The molecule has 2 heterocycles. The Balaban J connectivity index is 2.19. The number of Topliss-reactive ketones (excluding diaryl/α,β-unsaturated/α-hetero) is 1. The molecule has 0 unspecified atom stereocenters. The van der Waals surface area contributed by atoms with Crippen LogP contribution in [0.3, 0.4) is 0 Å². The van der Waals surface area contributed by atoms with Gasteiger partial charge in [-0.2, -0.15) is 0 Å². The summed E-state index contributed by atoms with van der Waals surface area (Å²) in [6.45, 7) is 5.22. The Bertz CT molecular complexity index is 709. The van der Waals surface area contributed by atoms with Crippen LogP contribution >= 0.6 is 15.9 Å². The van der Waals surface area contributed by atoms with Gasteiger partial charge in [0.2, 0.25) is 0 Å². The number of halogens is 1. The first kappa shape index (κ1) is 16.1. The number of benzene rings is 1. The number of hydrogen-bond donors (Lipinski definition) is 0. The van der Waals surface area contributed by atoms with Crippen LogP contribution in [0, 0.1) is 5.92 Å². The zero-order valence-electron chi connectivity index (χ0n) is 13.1. The standard InChI is InChI=1S/C17H17BrO5/c1-4-21-16(20)15-14-11-7-10(18)5-6-12(11)23-17(15)22-9(3)13(14)8(2)19/h5-7,14-15,17H,4H2,1-3H3/t14-,15-,17-/m1/s1. The third-order valence-corrected chi connectivity index (χ3v) is 4.62. The molecule has 0 radical (unpaired) electrons. The maximum atomic E-state index is 12.5. The van der Waals surface area contributed by atoms with Crippen LogP contribution in [0.15, 0.2) is 34.0 Å². The number of carbonyl (C=O) groups excluding carboxylic acids is 2. The van der Waals surface area contributed by atoms with Gasteiger partial charge in [-0.05, 0) is 39.0 Å². The lowest BCUT2D eigenvalue weighted by atomic mass is 9.75. The molecule has 0 saturated carbocycles. The van der Waals surface area contributed by atoms with Crippen LogP contribution in [0.4, 0.5) is 0 Å². The second kappa shape index (κ2) is 6.00. The maximum Gasteiger partial charge on any atom is 0.317 e. The van der Waals surface area contributed by atoms with Crippen molar-refractivity contribution < 1.29 is 23.8 Å². The summed E-state index contributed by atoms with van der Waals surface area (Å²) in [5.74, 6) is -0.535. The van der Waals surface area contributed by atoms with Crippen LogP contribution in [0.1, 0.15) is 32.3 Å². The van der Waals surface area contributed by atoms with Gasteiger partial charge in [-0.1, -0.05) is 15.9 Å². The Morgan fingerprint density at radius 1 is 1.30 bits per heavy atom. The number of ether oxygens (including phenoxy) is 3. The van der Waals surface area contributed by atoms with Crippen LogP contribution < -0.4 is 4.74 Å². The monoisotopic (exact) mass is 380 g/mol. The van der Waals surface area contributed by atoms with E-state index in [1.54, 1.807) is 13.8 Å². The van der Waals surface area contributed by atoms with Crippen LogP contribution in [0.2, 0.25) is 0 Å². The molecule has 3 rings (SSSR count). The van der Waals surface area contributed by atoms with E-state index in [4.69, 9.17) is 14.2 Å². The number of rotatable bonds is 3. The van der Waals surface area contributed by atoms with E-state index in [9.17, 15) is 9.59 Å². The molecule has 122 valence electrons. The van der Waals surface area contributed by atoms with E-state index in [1.165, 1.54) is 6.92 Å². The number of fused-ring (bicyclic) bond motifs is 4. The van der Waals surface area contributed by atoms with Crippen LogP contribution in [0.5, 0.6) is 5.75 Å². The Morgan fingerprint density at radius 2 is 2.04 bits per heavy atom. The summed E-state index contributed by atoms with van der Waals surface area (Å²) in [4.78, 5) is 24.6. The van der Waals surface area contributed by atoms with Crippen molar-refractivity contribution in [3.8, 4) is 5.75 Å². The molecule has 2 aliphatic heterocycles. The Kier molecular flexibility index (Phi) is 4.19. The normalized spacial score (nSPS) is 25.1. The molecule has 0 spiro atoms. The molecule has 3 atom stereocenters. The van der Waals surface area contributed by atoms with Crippen molar-refractivity contribution in [2.24, 2.45) is 5.92 Å². The van der Waals surface area contributed by atoms with Crippen LogP contribution in [-0.2, 0) is 19.1 Å². The van der Waals surface area contributed by atoms with Crippen molar-refractivity contribution >= 4 is 27.7 Å². The van der Waals surface area contributed by atoms with Gasteiger partial charge < -0.3 is 14.2 Å². The van der Waals surface area contributed by atoms with Crippen LogP contribution in [0.25, 0.3) is 0 Å². The summed E-state index contributed by atoms with van der Waals surface area (Å²) in [5.41, 5.74) is 1.29. The lowest BCUT2D eigenvalue weighted by Gasteiger charge is -2.42. The predicted molar refractivity (Wildman–Crippen MR) is 85.9 cm³/mol. The van der Waals surface area contributed by atoms with Gasteiger partial charge in [0.1, 0.15) is 17.4 Å². The van der Waals surface area contributed by atoms with Crippen molar-refractivity contribution in [3.05, 3.63) is 39.6 Å². The van der Waals surface area contributed by atoms with E-state index in [0.717, 1.165) is 10.0 Å². The van der Waals surface area contributed by atoms with E-state index in [2.05, 4.69) is 15.9 Å². The first-order valence-corrected chi connectivity index (χ1v) is 8.24. The minimum absolute atomic E-state index is 0.118. The summed E-state index contributed by atoms with van der Waals surface area (Å²) < 4.78 is 17.6. The van der Waals surface area contributed by atoms with Crippen molar-refractivity contribution in [1.82, 2.24) is 0 Å². The quantitative estimate of drug-likeness (QED) is 0.752. The molecule has 0 saturated heterocycles. The largest absolute Gasteiger partial charge is 0.466 e. The summed E-state index contributed by atoms with van der Waals surface area (Å²) in [5, 5.41) is 0. The summed E-state index contributed by atoms with van der Waals surface area (Å²) >= 11 is 3.44. The fourth-order valence-corrected chi connectivity index (χ4v) is 3.64. The summed E-state index contributed by atoms with van der Waals surface area (Å²) in [7, 11) is 0. The van der Waals surface area contributed by atoms with Crippen LogP contribution in [-0.4, -0.2) is 24.6 Å². The minimum atomic E-state index is -0.782. The third kappa shape index (κ3) is 2.65. The number of hydrogen-bond acceptors (Lipinski definition) is 5. The molecule has 2 aliphatic rings. The highest BCUT2D eigenvalue weighted by Gasteiger charge is 2.51. The number of carbonyl (C=O) groups is 2. The van der Waals surface area contributed by atoms with Gasteiger partial charge in [0, 0.05) is 21.5 Å². The molecule has 6 heteroatoms. The number of esters is 1.